The van der Waals surface area contributed by atoms with E-state index >= 15 is 0 Å². The number of benzene rings is 1. The lowest BCUT2D eigenvalue weighted by molar-refractivity contribution is -0.122. The van der Waals surface area contributed by atoms with Crippen LogP contribution in [-0.4, -0.2) is 30.9 Å². The zero-order valence-electron chi connectivity index (χ0n) is 11.5. The summed E-state index contributed by atoms with van der Waals surface area (Å²) < 4.78 is 6.38. The minimum absolute atomic E-state index is 0.269. The zero-order chi connectivity index (χ0) is 13.8. The van der Waals surface area contributed by atoms with E-state index in [1.165, 1.54) is 5.56 Å². The molecule has 2 rings (SSSR count). The van der Waals surface area contributed by atoms with Crippen LogP contribution < -0.4 is 4.74 Å². The van der Waals surface area contributed by atoms with Crippen molar-refractivity contribution < 1.29 is 9.53 Å². The molecule has 0 bridgehead atoms. The number of rotatable bonds is 4. The Hall–Kier alpha value is -0.870. The van der Waals surface area contributed by atoms with Crippen molar-refractivity contribution in [1.82, 2.24) is 4.90 Å². The van der Waals surface area contributed by atoms with Gasteiger partial charge in [0, 0.05) is 16.9 Å². The van der Waals surface area contributed by atoms with Gasteiger partial charge in [0.15, 0.2) is 0 Å². The lowest BCUT2D eigenvalue weighted by Crippen LogP contribution is -2.35. The molecule has 1 saturated heterocycles. The van der Waals surface area contributed by atoms with Crippen molar-refractivity contribution in [3.05, 3.63) is 28.2 Å². The fourth-order valence-corrected chi connectivity index (χ4v) is 2.91. The van der Waals surface area contributed by atoms with Crippen LogP contribution in [0.2, 0.25) is 0 Å². The van der Waals surface area contributed by atoms with Crippen molar-refractivity contribution in [2.45, 2.75) is 26.3 Å². The van der Waals surface area contributed by atoms with Gasteiger partial charge in [-0.15, -0.1) is 0 Å². The molecule has 4 heteroatoms. The molecule has 19 heavy (non-hydrogen) atoms. The van der Waals surface area contributed by atoms with Crippen LogP contribution in [0.1, 0.15) is 25.3 Å². The van der Waals surface area contributed by atoms with Crippen LogP contribution in [0.15, 0.2) is 22.7 Å². The molecule has 104 valence electrons. The topological polar surface area (TPSA) is 29.5 Å². The van der Waals surface area contributed by atoms with E-state index in [-0.39, 0.29) is 5.92 Å². The molecule has 0 atom stereocenters. The van der Waals surface area contributed by atoms with Gasteiger partial charge in [0.2, 0.25) is 0 Å². The van der Waals surface area contributed by atoms with Gasteiger partial charge in [-0.1, -0.05) is 15.9 Å². The lowest BCUT2D eigenvalue weighted by Gasteiger charge is -2.31. The van der Waals surface area contributed by atoms with Crippen molar-refractivity contribution in [2.75, 3.05) is 20.2 Å². The number of halogens is 1. The first-order valence-corrected chi connectivity index (χ1v) is 7.44. The summed E-state index contributed by atoms with van der Waals surface area (Å²) in [7, 11) is 1.69. The van der Waals surface area contributed by atoms with Crippen LogP contribution in [-0.2, 0) is 11.3 Å². The number of ether oxygens (including phenoxy) is 1. The number of methoxy groups -OCH3 is 1. The van der Waals surface area contributed by atoms with Crippen molar-refractivity contribution in [3.63, 3.8) is 0 Å². The second-order valence-corrected chi connectivity index (χ2v) is 5.97. The summed E-state index contributed by atoms with van der Waals surface area (Å²) in [4.78, 5) is 13.8. The number of piperidine rings is 1. The Kier molecular flexibility index (Phi) is 4.99. The standard InChI is InChI=1S/C15H20BrNO2/c1-11(18)12-5-7-17(8-6-12)10-13-9-14(19-2)3-4-15(13)16/h3-4,9,12H,5-8,10H2,1-2H3. The van der Waals surface area contributed by atoms with Crippen LogP contribution >= 0.6 is 15.9 Å². The van der Waals surface area contributed by atoms with E-state index in [4.69, 9.17) is 4.74 Å². The van der Waals surface area contributed by atoms with Crippen LogP contribution in [0, 0.1) is 5.92 Å². The summed E-state index contributed by atoms with van der Waals surface area (Å²) in [5.74, 6) is 1.49. The minimum atomic E-state index is 0.269. The number of hydrogen-bond acceptors (Lipinski definition) is 3. The molecular formula is C15H20BrNO2. The Bertz CT molecular complexity index is 453. The normalized spacial score (nSPS) is 17.4. The Balaban J connectivity index is 1.97. The zero-order valence-corrected chi connectivity index (χ0v) is 13.1. The maximum absolute atomic E-state index is 11.4. The summed E-state index contributed by atoms with van der Waals surface area (Å²) in [5.41, 5.74) is 1.24. The third kappa shape index (κ3) is 3.80. The van der Waals surface area contributed by atoms with Gasteiger partial charge in [-0.25, -0.2) is 0 Å². The van der Waals surface area contributed by atoms with Gasteiger partial charge >= 0.3 is 0 Å². The molecule has 1 aromatic rings. The van der Waals surface area contributed by atoms with E-state index < -0.39 is 0 Å². The number of nitrogens with zero attached hydrogens (tertiary/aromatic N) is 1. The van der Waals surface area contributed by atoms with Crippen LogP contribution in [0.3, 0.4) is 0 Å². The third-order valence-electron chi connectivity index (χ3n) is 3.81. The van der Waals surface area contributed by atoms with Crippen molar-refractivity contribution >= 4 is 21.7 Å². The predicted molar refractivity (Wildman–Crippen MR) is 79.4 cm³/mol. The maximum Gasteiger partial charge on any atom is 0.133 e. The fourth-order valence-electron chi connectivity index (χ4n) is 2.54. The third-order valence-corrected chi connectivity index (χ3v) is 4.58. The first kappa shape index (κ1) is 14.5. The molecule has 0 saturated carbocycles. The Morgan fingerprint density at radius 1 is 1.42 bits per heavy atom. The highest BCUT2D eigenvalue weighted by Gasteiger charge is 2.22. The second kappa shape index (κ2) is 6.53. The summed E-state index contributed by atoms with van der Waals surface area (Å²) >= 11 is 3.59. The van der Waals surface area contributed by atoms with Crippen molar-refractivity contribution in [3.8, 4) is 5.75 Å². The number of ketones is 1. The van der Waals surface area contributed by atoms with E-state index in [2.05, 4.69) is 26.9 Å². The van der Waals surface area contributed by atoms with Gasteiger partial charge in [0.05, 0.1) is 7.11 Å². The molecule has 1 aliphatic heterocycles. The average Bonchev–Trinajstić information content (AvgIpc) is 2.42. The molecule has 0 aliphatic carbocycles. The maximum atomic E-state index is 11.4. The molecular weight excluding hydrogens is 306 g/mol. The molecule has 1 fully saturated rings. The number of carbonyl (C=O) groups is 1. The fraction of sp³-hybridized carbons (Fsp3) is 0.533. The van der Waals surface area contributed by atoms with Gasteiger partial charge in [-0.3, -0.25) is 9.69 Å². The van der Waals surface area contributed by atoms with Crippen LogP contribution in [0.4, 0.5) is 0 Å². The van der Waals surface area contributed by atoms with Crippen molar-refractivity contribution in [1.29, 1.82) is 0 Å². The van der Waals surface area contributed by atoms with Gasteiger partial charge in [-0.2, -0.15) is 0 Å². The monoisotopic (exact) mass is 325 g/mol. The Morgan fingerprint density at radius 2 is 2.11 bits per heavy atom. The van der Waals surface area contributed by atoms with E-state index in [1.807, 2.05) is 12.1 Å². The smallest absolute Gasteiger partial charge is 0.133 e. The molecule has 1 heterocycles. The molecule has 0 N–H and O–H groups in total. The number of carbonyl (C=O) groups excluding carboxylic acids is 1. The first-order valence-electron chi connectivity index (χ1n) is 6.65. The largest absolute Gasteiger partial charge is 0.497 e. The van der Waals surface area contributed by atoms with Crippen molar-refractivity contribution in [2.24, 2.45) is 5.92 Å². The Morgan fingerprint density at radius 3 is 2.68 bits per heavy atom. The average molecular weight is 326 g/mol. The highest BCUT2D eigenvalue weighted by atomic mass is 79.9. The number of hydrogen-bond donors (Lipinski definition) is 0. The number of likely N-dealkylation sites (tertiary alicyclic amines) is 1. The summed E-state index contributed by atoms with van der Waals surface area (Å²) in [6.07, 6.45) is 1.97. The van der Waals surface area contributed by atoms with Gasteiger partial charge in [0.25, 0.3) is 0 Å². The molecule has 3 nitrogen and oxygen atoms in total. The minimum Gasteiger partial charge on any atom is -0.497 e. The first-order chi connectivity index (χ1) is 9.10. The molecule has 0 spiro atoms. The number of Topliss-reactive ketones (excluding diaryl/α,β-unsaturated/α-hetero) is 1. The van der Waals surface area contributed by atoms with E-state index in [0.717, 1.165) is 42.7 Å². The summed E-state index contributed by atoms with van der Waals surface area (Å²) in [6.45, 7) is 4.60. The molecule has 0 radical (unpaired) electrons. The Labute approximate surface area is 123 Å². The SMILES string of the molecule is COc1ccc(Br)c(CN2CCC(C(C)=O)CC2)c1. The quantitative estimate of drug-likeness (QED) is 0.851. The highest BCUT2D eigenvalue weighted by molar-refractivity contribution is 9.10. The van der Waals surface area contributed by atoms with Crippen LogP contribution in [0.5, 0.6) is 5.75 Å². The molecule has 0 unspecified atom stereocenters. The van der Waals surface area contributed by atoms with E-state index in [0.29, 0.717) is 5.78 Å². The van der Waals surface area contributed by atoms with Gasteiger partial charge < -0.3 is 4.74 Å². The molecule has 1 aliphatic rings. The van der Waals surface area contributed by atoms with Gasteiger partial charge in [0.1, 0.15) is 11.5 Å². The van der Waals surface area contributed by atoms with Gasteiger partial charge in [-0.05, 0) is 56.6 Å². The summed E-state index contributed by atoms with van der Waals surface area (Å²) in [5, 5.41) is 0. The highest BCUT2D eigenvalue weighted by Crippen LogP contribution is 2.26. The second-order valence-electron chi connectivity index (χ2n) is 5.12. The molecule has 1 aromatic carbocycles. The van der Waals surface area contributed by atoms with E-state index in [1.54, 1.807) is 14.0 Å². The lowest BCUT2D eigenvalue weighted by atomic mass is 9.93. The van der Waals surface area contributed by atoms with E-state index in [9.17, 15) is 4.79 Å². The predicted octanol–water partition coefficient (Wildman–Crippen LogP) is 3.26. The van der Waals surface area contributed by atoms with Crippen LogP contribution in [0.25, 0.3) is 0 Å². The molecule has 0 aromatic heterocycles. The summed E-state index contributed by atoms with van der Waals surface area (Å²) in [6, 6.07) is 6.05. The molecule has 0 amide bonds.